The Morgan fingerprint density at radius 2 is 1.90 bits per heavy atom. The molecular weight excluding hydrogens is 252 g/mol. The van der Waals surface area contributed by atoms with Crippen LogP contribution in [0.3, 0.4) is 0 Å². The summed E-state index contributed by atoms with van der Waals surface area (Å²) in [5.74, 6) is 0. The number of piperazine rings is 1. The van der Waals surface area contributed by atoms with Crippen molar-refractivity contribution in [1.82, 2.24) is 20.9 Å². The van der Waals surface area contributed by atoms with Gasteiger partial charge < -0.3 is 20.9 Å². The zero-order valence-electron chi connectivity index (χ0n) is 11.9. The summed E-state index contributed by atoms with van der Waals surface area (Å²) < 4.78 is 0. The minimum absolute atomic E-state index is 0.0887. The van der Waals surface area contributed by atoms with Gasteiger partial charge in [0.15, 0.2) is 0 Å². The van der Waals surface area contributed by atoms with Gasteiger partial charge in [0.05, 0.1) is 0 Å². The van der Waals surface area contributed by atoms with E-state index in [0.29, 0.717) is 6.54 Å². The molecule has 1 aromatic carbocycles. The van der Waals surface area contributed by atoms with E-state index in [1.54, 1.807) is 0 Å². The van der Waals surface area contributed by atoms with Crippen molar-refractivity contribution >= 4 is 6.03 Å². The molecule has 0 aliphatic carbocycles. The van der Waals surface area contributed by atoms with E-state index >= 15 is 0 Å². The van der Waals surface area contributed by atoms with Crippen LogP contribution in [0.4, 0.5) is 4.79 Å². The second kappa shape index (κ2) is 8.55. The number of amides is 2. The highest BCUT2D eigenvalue weighted by Gasteiger charge is 2.08. The first-order valence-electron chi connectivity index (χ1n) is 7.33. The molecule has 1 heterocycles. The first-order valence-corrected chi connectivity index (χ1v) is 7.33. The van der Waals surface area contributed by atoms with E-state index in [1.807, 2.05) is 30.3 Å². The van der Waals surface area contributed by atoms with Crippen LogP contribution in [0, 0.1) is 0 Å². The smallest absolute Gasteiger partial charge is 0.315 e. The molecule has 1 aromatic rings. The molecule has 1 aliphatic rings. The molecule has 5 heteroatoms. The predicted octanol–water partition coefficient (Wildman–Crippen LogP) is 0.781. The fraction of sp³-hybridized carbons (Fsp3) is 0.533. The highest BCUT2D eigenvalue weighted by atomic mass is 16.2. The quantitative estimate of drug-likeness (QED) is 0.673. The number of carbonyl (C=O) groups is 1. The summed E-state index contributed by atoms with van der Waals surface area (Å²) in [5, 5.41) is 9.10. The lowest BCUT2D eigenvalue weighted by Gasteiger charge is -2.27. The second-order valence-electron chi connectivity index (χ2n) is 5.04. The number of hydrogen-bond acceptors (Lipinski definition) is 3. The highest BCUT2D eigenvalue weighted by molar-refractivity contribution is 5.73. The Morgan fingerprint density at radius 1 is 1.15 bits per heavy atom. The molecule has 0 unspecified atom stereocenters. The maximum atomic E-state index is 11.6. The van der Waals surface area contributed by atoms with Gasteiger partial charge in [-0.3, -0.25) is 0 Å². The Labute approximate surface area is 120 Å². The number of nitrogens with zero attached hydrogens (tertiary/aromatic N) is 1. The maximum absolute atomic E-state index is 11.6. The Kier molecular flexibility index (Phi) is 6.34. The summed E-state index contributed by atoms with van der Waals surface area (Å²) in [6.45, 7) is 6.73. The number of urea groups is 1. The Hall–Kier alpha value is -1.59. The topological polar surface area (TPSA) is 56.4 Å². The van der Waals surface area contributed by atoms with Crippen LogP contribution in [0.15, 0.2) is 30.3 Å². The molecule has 110 valence electrons. The molecule has 0 spiro atoms. The molecule has 0 aromatic heterocycles. The van der Waals surface area contributed by atoms with E-state index in [-0.39, 0.29) is 6.03 Å². The van der Waals surface area contributed by atoms with E-state index in [1.165, 1.54) is 0 Å². The molecule has 20 heavy (non-hydrogen) atoms. The molecule has 5 nitrogen and oxygen atoms in total. The molecule has 2 rings (SSSR count). The number of carbonyl (C=O) groups excluding carboxylic acids is 1. The van der Waals surface area contributed by atoms with Crippen molar-refractivity contribution in [1.29, 1.82) is 0 Å². The van der Waals surface area contributed by atoms with Crippen LogP contribution in [0.1, 0.15) is 12.0 Å². The van der Waals surface area contributed by atoms with Gasteiger partial charge in [0.1, 0.15) is 0 Å². The van der Waals surface area contributed by atoms with Crippen molar-refractivity contribution in [2.24, 2.45) is 0 Å². The summed E-state index contributed by atoms with van der Waals surface area (Å²) in [6, 6.07) is 9.84. The normalized spacial score (nSPS) is 15.8. The first kappa shape index (κ1) is 14.8. The second-order valence-corrected chi connectivity index (χ2v) is 5.04. The molecule has 0 bridgehead atoms. The fourth-order valence-corrected chi connectivity index (χ4v) is 2.28. The third-order valence-corrected chi connectivity index (χ3v) is 3.44. The zero-order valence-corrected chi connectivity index (χ0v) is 11.9. The van der Waals surface area contributed by atoms with Crippen LogP contribution in [0.2, 0.25) is 0 Å². The van der Waals surface area contributed by atoms with Crippen molar-refractivity contribution in [2.75, 3.05) is 39.3 Å². The lowest BCUT2D eigenvalue weighted by Crippen LogP contribution is -2.44. The predicted molar refractivity (Wildman–Crippen MR) is 80.6 cm³/mol. The van der Waals surface area contributed by atoms with Crippen molar-refractivity contribution in [2.45, 2.75) is 13.0 Å². The fourth-order valence-electron chi connectivity index (χ4n) is 2.28. The van der Waals surface area contributed by atoms with Gasteiger partial charge >= 0.3 is 6.03 Å². The van der Waals surface area contributed by atoms with Crippen LogP contribution in [0.5, 0.6) is 0 Å². The van der Waals surface area contributed by atoms with E-state index in [2.05, 4.69) is 20.9 Å². The van der Waals surface area contributed by atoms with Crippen LogP contribution < -0.4 is 16.0 Å². The molecule has 0 saturated carbocycles. The van der Waals surface area contributed by atoms with Crippen molar-refractivity contribution in [3.8, 4) is 0 Å². The number of hydrogen-bond donors (Lipinski definition) is 3. The van der Waals surface area contributed by atoms with E-state index in [9.17, 15) is 4.79 Å². The van der Waals surface area contributed by atoms with E-state index in [0.717, 1.165) is 51.3 Å². The maximum Gasteiger partial charge on any atom is 0.315 e. The number of rotatable bonds is 6. The molecule has 3 N–H and O–H groups in total. The molecule has 0 radical (unpaired) electrons. The van der Waals surface area contributed by atoms with Gasteiger partial charge in [0.2, 0.25) is 0 Å². The molecule has 1 aliphatic heterocycles. The molecule has 1 fully saturated rings. The van der Waals surface area contributed by atoms with Gasteiger partial charge in [0, 0.05) is 39.3 Å². The minimum Gasteiger partial charge on any atom is -0.338 e. The largest absolute Gasteiger partial charge is 0.338 e. The summed E-state index contributed by atoms with van der Waals surface area (Å²) >= 11 is 0. The van der Waals surface area contributed by atoms with Gasteiger partial charge in [-0.2, -0.15) is 0 Å². The van der Waals surface area contributed by atoms with Gasteiger partial charge in [-0.05, 0) is 18.5 Å². The zero-order chi connectivity index (χ0) is 14.0. The average molecular weight is 276 g/mol. The molecule has 0 atom stereocenters. The highest BCUT2D eigenvalue weighted by Crippen LogP contribution is 1.97. The number of nitrogens with one attached hydrogen (secondary N) is 3. The van der Waals surface area contributed by atoms with Gasteiger partial charge in [-0.25, -0.2) is 4.79 Å². The summed E-state index contributed by atoms with van der Waals surface area (Å²) in [6.07, 6.45) is 0.999. The standard InChI is InChI=1S/C15H24N4O/c20-15(18-13-14-5-2-1-3-6-14)17-7-4-10-19-11-8-16-9-12-19/h1-3,5-6,16H,4,7-13H2,(H2,17,18,20). The molecule has 1 saturated heterocycles. The average Bonchev–Trinajstić information content (AvgIpc) is 2.52. The van der Waals surface area contributed by atoms with Gasteiger partial charge in [-0.15, -0.1) is 0 Å². The molecular formula is C15H24N4O. The third-order valence-electron chi connectivity index (χ3n) is 3.44. The Bertz CT molecular complexity index is 390. The van der Waals surface area contributed by atoms with Crippen LogP contribution >= 0.6 is 0 Å². The van der Waals surface area contributed by atoms with E-state index < -0.39 is 0 Å². The summed E-state index contributed by atoms with van der Waals surface area (Å²) in [4.78, 5) is 14.1. The Balaban J connectivity index is 1.51. The summed E-state index contributed by atoms with van der Waals surface area (Å²) in [5.41, 5.74) is 1.11. The number of benzene rings is 1. The first-order chi connectivity index (χ1) is 9.84. The van der Waals surface area contributed by atoms with Crippen LogP contribution in [-0.4, -0.2) is 50.2 Å². The lowest BCUT2D eigenvalue weighted by molar-refractivity contribution is 0.230. The van der Waals surface area contributed by atoms with Gasteiger partial charge in [0.25, 0.3) is 0 Å². The SMILES string of the molecule is O=C(NCCCN1CCNCC1)NCc1ccccc1. The van der Waals surface area contributed by atoms with Crippen molar-refractivity contribution in [3.63, 3.8) is 0 Å². The third kappa shape index (κ3) is 5.59. The van der Waals surface area contributed by atoms with Crippen molar-refractivity contribution in [3.05, 3.63) is 35.9 Å². The van der Waals surface area contributed by atoms with Crippen LogP contribution in [-0.2, 0) is 6.54 Å². The minimum atomic E-state index is -0.0887. The molecule has 2 amide bonds. The Morgan fingerprint density at radius 3 is 2.65 bits per heavy atom. The summed E-state index contributed by atoms with van der Waals surface area (Å²) in [7, 11) is 0. The van der Waals surface area contributed by atoms with Crippen molar-refractivity contribution < 1.29 is 4.79 Å². The lowest BCUT2D eigenvalue weighted by atomic mass is 10.2. The van der Waals surface area contributed by atoms with Crippen LogP contribution in [0.25, 0.3) is 0 Å². The van der Waals surface area contributed by atoms with E-state index in [4.69, 9.17) is 0 Å². The van der Waals surface area contributed by atoms with Gasteiger partial charge in [-0.1, -0.05) is 30.3 Å². The monoisotopic (exact) mass is 276 g/mol.